The van der Waals surface area contributed by atoms with E-state index in [0.29, 0.717) is 47.8 Å². The Hall–Kier alpha value is -3.29. The zero-order valence-corrected chi connectivity index (χ0v) is 17.8. The summed E-state index contributed by atoms with van der Waals surface area (Å²) < 4.78 is 26.8. The van der Waals surface area contributed by atoms with E-state index in [1.54, 1.807) is 35.5 Å². The van der Waals surface area contributed by atoms with E-state index in [-0.39, 0.29) is 0 Å². The van der Waals surface area contributed by atoms with Crippen molar-refractivity contribution in [2.75, 3.05) is 47.4 Å². The summed E-state index contributed by atoms with van der Waals surface area (Å²) >= 11 is 0. The van der Waals surface area contributed by atoms with Crippen LogP contribution in [0.5, 0.6) is 28.7 Å². The van der Waals surface area contributed by atoms with Gasteiger partial charge >= 0.3 is 0 Å². The van der Waals surface area contributed by atoms with Gasteiger partial charge < -0.3 is 34.3 Å². The Bertz CT molecular complexity index is 814. The van der Waals surface area contributed by atoms with E-state index < -0.39 is 0 Å². The van der Waals surface area contributed by atoms with Crippen LogP contribution in [0.25, 0.3) is 0 Å². The summed E-state index contributed by atoms with van der Waals surface area (Å²) in [6.07, 6.45) is 0. The highest BCUT2D eigenvalue weighted by Crippen LogP contribution is 2.38. The molecule has 0 bridgehead atoms. The number of benzene rings is 2. The van der Waals surface area contributed by atoms with E-state index in [2.05, 4.69) is 15.6 Å². The van der Waals surface area contributed by atoms with Gasteiger partial charge in [-0.3, -0.25) is 0 Å². The molecule has 0 fully saturated rings. The molecule has 0 saturated carbocycles. The third-order valence-electron chi connectivity index (χ3n) is 4.13. The molecule has 29 heavy (non-hydrogen) atoms. The van der Waals surface area contributed by atoms with Crippen molar-refractivity contribution in [3.05, 3.63) is 35.9 Å². The Morgan fingerprint density at radius 2 is 1.41 bits per heavy atom. The maximum absolute atomic E-state index is 5.41. The van der Waals surface area contributed by atoms with Gasteiger partial charge in [-0.1, -0.05) is 0 Å². The molecule has 0 atom stereocenters. The van der Waals surface area contributed by atoms with E-state index >= 15 is 0 Å². The minimum atomic E-state index is 0.416. The Kier molecular flexibility index (Phi) is 8.27. The first-order valence-electron chi connectivity index (χ1n) is 9.16. The van der Waals surface area contributed by atoms with Gasteiger partial charge in [0, 0.05) is 18.3 Å². The lowest BCUT2D eigenvalue weighted by Crippen LogP contribution is -2.30. The highest BCUT2D eigenvalue weighted by molar-refractivity contribution is 5.93. The van der Waals surface area contributed by atoms with Gasteiger partial charge in [0.05, 0.1) is 42.1 Å². The number of aliphatic imine (C=N–C) groups is 1. The fraction of sp³-hybridized carbons (Fsp3) is 0.381. The first-order chi connectivity index (χ1) is 14.1. The van der Waals surface area contributed by atoms with Gasteiger partial charge in [0.2, 0.25) is 5.75 Å². The quantitative estimate of drug-likeness (QED) is 0.491. The van der Waals surface area contributed by atoms with Crippen LogP contribution in [0.15, 0.2) is 35.3 Å². The van der Waals surface area contributed by atoms with Gasteiger partial charge in [0.1, 0.15) is 0 Å². The van der Waals surface area contributed by atoms with Crippen molar-refractivity contribution in [2.24, 2.45) is 4.99 Å². The van der Waals surface area contributed by atoms with Gasteiger partial charge in [0.15, 0.2) is 29.0 Å². The van der Waals surface area contributed by atoms with Crippen molar-refractivity contribution < 1.29 is 23.7 Å². The number of ether oxygens (including phenoxy) is 5. The minimum absolute atomic E-state index is 0.416. The Balaban J connectivity index is 2.25. The molecule has 0 heterocycles. The van der Waals surface area contributed by atoms with Crippen molar-refractivity contribution >= 4 is 11.6 Å². The molecule has 0 saturated heterocycles. The van der Waals surface area contributed by atoms with Gasteiger partial charge in [-0.15, -0.1) is 0 Å². The van der Waals surface area contributed by atoms with Crippen LogP contribution in [-0.2, 0) is 6.54 Å². The third kappa shape index (κ3) is 5.60. The summed E-state index contributed by atoms with van der Waals surface area (Å²) in [7, 11) is 7.97. The highest BCUT2D eigenvalue weighted by Gasteiger charge is 2.13. The summed E-state index contributed by atoms with van der Waals surface area (Å²) in [5.74, 6) is 3.67. The van der Waals surface area contributed by atoms with Crippen LogP contribution in [0.3, 0.4) is 0 Å². The molecular weight excluding hydrogens is 374 g/mol. The first kappa shape index (κ1) is 22.0. The van der Waals surface area contributed by atoms with Gasteiger partial charge in [-0.05, 0) is 36.8 Å². The van der Waals surface area contributed by atoms with Gasteiger partial charge in [0.25, 0.3) is 0 Å². The molecule has 0 aliphatic rings. The smallest absolute Gasteiger partial charge is 0.203 e. The second kappa shape index (κ2) is 10.9. The minimum Gasteiger partial charge on any atom is -0.493 e. The number of hydrogen-bond donors (Lipinski definition) is 2. The largest absolute Gasteiger partial charge is 0.493 e. The van der Waals surface area contributed by atoms with E-state index in [4.69, 9.17) is 23.7 Å². The Morgan fingerprint density at radius 1 is 0.793 bits per heavy atom. The van der Waals surface area contributed by atoms with E-state index in [0.717, 1.165) is 11.3 Å². The standard InChI is InChI=1S/C21H29N3O5/c1-7-22-21(24-15-8-9-16(25-2)17(12-15)26-3)23-13-14-10-18(27-4)20(29-6)19(11-14)28-5/h8-12H,7,13H2,1-6H3,(H2,22,23,24). The number of anilines is 1. The van der Waals surface area contributed by atoms with Crippen LogP contribution in [0.2, 0.25) is 0 Å². The summed E-state index contributed by atoms with van der Waals surface area (Å²) in [6.45, 7) is 3.14. The predicted molar refractivity (Wildman–Crippen MR) is 114 cm³/mol. The number of guanidine groups is 1. The lowest BCUT2D eigenvalue weighted by Gasteiger charge is -2.15. The predicted octanol–water partition coefficient (Wildman–Crippen LogP) is 3.31. The molecule has 0 amide bonds. The molecule has 8 heteroatoms. The summed E-state index contributed by atoms with van der Waals surface area (Å²) in [6, 6.07) is 9.35. The van der Waals surface area contributed by atoms with Crippen LogP contribution in [0, 0.1) is 0 Å². The van der Waals surface area contributed by atoms with Crippen LogP contribution in [0.4, 0.5) is 5.69 Å². The molecule has 0 aliphatic carbocycles. The Labute approximate surface area is 171 Å². The van der Waals surface area contributed by atoms with Crippen LogP contribution < -0.4 is 34.3 Å². The average molecular weight is 403 g/mol. The second-order valence-corrected chi connectivity index (χ2v) is 5.92. The molecule has 0 radical (unpaired) electrons. The number of hydrogen-bond acceptors (Lipinski definition) is 6. The summed E-state index contributed by atoms with van der Waals surface area (Å²) in [5.41, 5.74) is 1.75. The van der Waals surface area contributed by atoms with E-state index in [1.807, 2.05) is 37.3 Å². The number of nitrogens with zero attached hydrogens (tertiary/aromatic N) is 1. The zero-order valence-electron chi connectivity index (χ0n) is 17.8. The molecule has 0 unspecified atom stereocenters. The molecular formula is C21H29N3O5. The maximum atomic E-state index is 5.41. The fourth-order valence-electron chi connectivity index (χ4n) is 2.75. The van der Waals surface area contributed by atoms with Crippen molar-refractivity contribution in [1.29, 1.82) is 0 Å². The summed E-state index contributed by atoms with van der Waals surface area (Å²) in [4.78, 5) is 4.65. The molecule has 2 aromatic carbocycles. The molecule has 0 aromatic heterocycles. The molecule has 0 spiro atoms. The molecule has 2 N–H and O–H groups in total. The SMILES string of the molecule is CCNC(=NCc1cc(OC)c(OC)c(OC)c1)Nc1ccc(OC)c(OC)c1. The molecule has 8 nitrogen and oxygen atoms in total. The lowest BCUT2D eigenvalue weighted by molar-refractivity contribution is 0.324. The zero-order chi connectivity index (χ0) is 21.2. The number of methoxy groups -OCH3 is 5. The van der Waals surface area contributed by atoms with Crippen molar-refractivity contribution in [1.82, 2.24) is 5.32 Å². The van der Waals surface area contributed by atoms with Crippen LogP contribution >= 0.6 is 0 Å². The summed E-state index contributed by atoms with van der Waals surface area (Å²) in [5, 5.41) is 6.50. The van der Waals surface area contributed by atoms with Crippen molar-refractivity contribution in [3.8, 4) is 28.7 Å². The molecule has 2 rings (SSSR count). The van der Waals surface area contributed by atoms with E-state index in [9.17, 15) is 0 Å². The average Bonchev–Trinajstić information content (AvgIpc) is 2.76. The Morgan fingerprint density at radius 3 is 1.93 bits per heavy atom. The topological polar surface area (TPSA) is 82.6 Å². The number of rotatable bonds is 9. The number of nitrogens with one attached hydrogen (secondary N) is 2. The second-order valence-electron chi connectivity index (χ2n) is 5.92. The maximum Gasteiger partial charge on any atom is 0.203 e. The lowest BCUT2D eigenvalue weighted by atomic mass is 10.2. The molecule has 158 valence electrons. The molecule has 2 aromatic rings. The highest BCUT2D eigenvalue weighted by atomic mass is 16.5. The van der Waals surface area contributed by atoms with Crippen LogP contribution in [0.1, 0.15) is 12.5 Å². The van der Waals surface area contributed by atoms with Crippen LogP contribution in [-0.4, -0.2) is 48.1 Å². The third-order valence-corrected chi connectivity index (χ3v) is 4.13. The van der Waals surface area contributed by atoms with Crippen molar-refractivity contribution in [3.63, 3.8) is 0 Å². The molecule has 0 aliphatic heterocycles. The monoisotopic (exact) mass is 403 g/mol. The van der Waals surface area contributed by atoms with E-state index in [1.165, 1.54) is 0 Å². The van der Waals surface area contributed by atoms with Gasteiger partial charge in [-0.2, -0.15) is 0 Å². The fourth-order valence-corrected chi connectivity index (χ4v) is 2.75. The van der Waals surface area contributed by atoms with Gasteiger partial charge in [-0.25, -0.2) is 4.99 Å². The van der Waals surface area contributed by atoms with Crippen molar-refractivity contribution in [2.45, 2.75) is 13.5 Å². The normalized spacial score (nSPS) is 10.9. The first-order valence-corrected chi connectivity index (χ1v) is 9.16.